The molecule has 1 saturated carbocycles. The van der Waals surface area contributed by atoms with Crippen LogP contribution in [0.5, 0.6) is 0 Å². The summed E-state index contributed by atoms with van der Waals surface area (Å²) < 4.78 is 37.3. The molecule has 112 valence electrons. The van der Waals surface area contributed by atoms with Crippen LogP contribution in [0.15, 0.2) is 23.4 Å². The van der Waals surface area contributed by atoms with Crippen LogP contribution in [0.2, 0.25) is 0 Å². The molecule has 1 unspecified atom stereocenters. The van der Waals surface area contributed by atoms with Gasteiger partial charge in [-0.15, -0.1) is 11.8 Å². The highest BCUT2D eigenvalue weighted by Gasteiger charge is 2.30. The molecule has 6 heteroatoms. The molecule has 1 atom stereocenters. The van der Waals surface area contributed by atoms with Crippen molar-refractivity contribution in [1.82, 2.24) is 10.3 Å². The molecular formula is C14H19F3N2S. The molecule has 0 spiro atoms. The lowest BCUT2D eigenvalue weighted by Crippen LogP contribution is -2.34. The zero-order valence-corrected chi connectivity index (χ0v) is 12.2. The Labute approximate surface area is 121 Å². The number of alkyl halides is 3. The second-order valence-electron chi connectivity index (χ2n) is 5.13. The van der Waals surface area contributed by atoms with Crippen LogP contribution in [0, 0.1) is 5.92 Å². The molecule has 0 radical (unpaired) electrons. The van der Waals surface area contributed by atoms with Crippen LogP contribution >= 0.6 is 11.8 Å². The summed E-state index contributed by atoms with van der Waals surface area (Å²) in [5, 5.41) is 3.97. The van der Waals surface area contributed by atoms with Crippen LogP contribution in [0.4, 0.5) is 13.2 Å². The van der Waals surface area contributed by atoms with Crippen molar-refractivity contribution in [3.63, 3.8) is 0 Å². The van der Waals surface area contributed by atoms with Crippen molar-refractivity contribution in [3.8, 4) is 0 Å². The van der Waals surface area contributed by atoms with Crippen LogP contribution in [-0.2, 0) is 6.18 Å². The Balaban J connectivity index is 1.89. The van der Waals surface area contributed by atoms with Crippen LogP contribution in [0.25, 0.3) is 0 Å². The number of halogens is 3. The zero-order valence-electron chi connectivity index (χ0n) is 11.4. The minimum absolute atomic E-state index is 0.409. The van der Waals surface area contributed by atoms with E-state index in [0.717, 1.165) is 18.0 Å². The van der Waals surface area contributed by atoms with Crippen molar-refractivity contribution < 1.29 is 13.2 Å². The van der Waals surface area contributed by atoms with Gasteiger partial charge >= 0.3 is 6.18 Å². The van der Waals surface area contributed by atoms with Crippen LogP contribution < -0.4 is 5.32 Å². The number of hydrogen-bond acceptors (Lipinski definition) is 3. The Morgan fingerprint density at radius 3 is 2.55 bits per heavy atom. The topological polar surface area (TPSA) is 24.9 Å². The Kier molecular flexibility index (Phi) is 5.32. The second kappa shape index (κ2) is 6.80. The molecule has 1 aliphatic carbocycles. The van der Waals surface area contributed by atoms with Gasteiger partial charge in [-0.25, -0.2) is 4.98 Å². The Morgan fingerprint density at radius 2 is 2.05 bits per heavy atom. The van der Waals surface area contributed by atoms with E-state index in [1.54, 1.807) is 0 Å². The Hall–Kier alpha value is -0.750. The minimum Gasteiger partial charge on any atom is -0.316 e. The number of nitrogens with zero attached hydrogens (tertiary/aromatic N) is 1. The van der Waals surface area contributed by atoms with Gasteiger partial charge in [0.25, 0.3) is 0 Å². The van der Waals surface area contributed by atoms with E-state index in [0.29, 0.717) is 17.0 Å². The van der Waals surface area contributed by atoms with E-state index in [1.807, 2.05) is 7.05 Å². The first-order valence-electron chi connectivity index (χ1n) is 6.84. The molecular weight excluding hydrogens is 285 g/mol. The molecule has 0 aromatic carbocycles. The maximum absolute atomic E-state index is 12.4. The average molecular weight is 304 g/mol. The summed E-state index contributed by atoms with van der Waals surface area (Å²) in [5.41, 5.74) is -0.692. The summed E-state index contributed by atoms with van der Waals surface area (Å²) >= 11 is 1.52. The van der Waals surface area contributed by atoms with Crippen LogP contribution in [0.1, 0.15) is 31.2 Å². The first kappa shape index (κ1) is 15.6. The minimum atomic E-state index is -4.31. The smallest absolute Gasteiger partial charge is 0.316 e. The number of rotatable bonds is 5. The molecule has 2 rings (SSSR count). The van der Waals surface area contributed by atoms with Gasteiger partial charge in [0.15, 0.2) is 0 Å². The summed E-state index contributed by atoms with van der Waals surface area (Å²) in [4.78, 5) is 3.89. The standard InChI is InChI=1S/C14H19F3N2S/c1-18-12(10-4-2-3-5-10)9-20-13-7-6-11(8-19-13)14(15,16)17/h6-8,10,12,18H,2-5,9H2,1H3. The van der Waals surface area contributed by atoms with Gasteiger partial charge in [-0.1, -0.05) is 12.8 Å². The fourth-order valence-corrected chi connectivity index (χ4v) is 3.70. The zero-order chi connectivity index (χ0) is 14.6. The van der Waals surface area contributed by atoms with Crippen LogP contribution in [0.3, 0.4) is 0 Å². The van der Waals surface area contributed by atoms with Gasteiger partial charge in [0.1, 0.15) is 0 Å². The number of pyridine rings is 1. The third kappa shape index (κ3) is 4.12. The molecule has 1 N–H and O–H groups in total. The largest absolute Gasteiger partial charge is 0.417 e. The molecule has 1 heterocycles. The van der Waals surface area contributed by atoms with Gasteiger partial charge in [0, 0.05) is 18.0 Å². The fourth-order valence-electron chi connectivity index (χ4n) is 2.62. The first-order valence-corrected chi connectivity index (χ1v) is 7.82. The molecule has 0 bridgehead atoms. The molecule has 1 aliphatic rings. The predicted molar refractivity (Wildman–Crippen MR) is 74.8 cm³/mol. The normalized spacial score (nSPS) is 18.4. The van der Waals surface area contributed by atoms with Gasteiger partial charge in [0.2, 0.25) is 0 Å². The maximum Gasteiger partial charge on any atom is 0.417 e. The predicted octanol–water partition coefficient (Wildman–Crippen LogP) is 3.97. The number of nitrogens with one attached hydrogen (secondary N) is 1. The Morgan fingerprint density at radius 1 is 1.35 bits per heavy atom. The molecule has 0 amide bonds. The molecule has 0 saturated heterocycles. The average Bonchev–Trinajstić information content (AvgIpc) is 2.93. The van der Waals surface area contributed by atoms with E-state index in [2.05, 4.69) is 10.3 Å². The van der Waals surface area contributed by atoms with E-state index < -0.39 is 11.7 Å². The van der Waals surface area contributed by atoms with Gasteiger partial charge < -0.3 is 5.32 Å². The van der Waals surface area contributed by atoms with Crippen molar-refractivity contribution in [3.05, 3.63) is 23.9 Å². The summed E-state index contributed by atoms with van der Waals surface area (Å²) in [6.07, 6.45) is 1.65. The van der Waals surface area contributed by atoms with Gasteiger partial charge in [-0.3, -0.25) is 0 Å². The second-order valence-corrected chi connectivity index (χ2v) is 6.17. The monoisotopic (exact) mass is 304 g/mol. The molecule has 1 fully saturated rings. The van der Waals surface area contributed by atoms with E-state index in [1.165, 1.54) is 43.5 Å². The number of aromatic nitrogens is 1. The Bertz CT molecular complexity index is 413. The highest BCUT2D eigenvalue weighted by atomic mass is 32.2. The number of hydrogen-bond donors (Lipinski definition) is 1. The van der Waals surface area contributed by atoms with Gasteiger partial charge in [0.05, 0.1) is 10.6 Å². The SMILES string of the molecule is CNC(CSc1ccc(C(F)(F)F)cn1)C1CCCC1. The fraction of sp³-hybridized carbons (Fsp3) is 0.643. The van der Waals surface area contributed by atoms with Gasteiger partial charge in [-0.05, 0) is 37.9 Å². The summed E-state index contributed by atoms with van der Waals surface area (Å²) in [6, 6.07) is 2.96. The summed E-state index contributed by atoms with van der Waals surface area (Å²) in [5.74, 6) is 1.53. The first-order chi connectivity index (χ1) is 9.50. The third-order valence-electron chi connectivity index (χ3n) is 3.81. The third-order valence-corrected chi connectivity index (χ3v) is 4.88. The number of thioether (sulfide) groups is 1. The molecule has 2 nitrogen and oxygen atoms in total. The highest BCUT2D eigenvalue weighted by molar-refractivity contribution is 7.99. The lowest BCUT2D eigenvalue weighted by molar-refractivity contribution is -0.137. The van der Waals surface area contributed by atoms with Crippen molar-refractivity contribution >= 4 is 11.8 Å². The van der Waals surface area contributed by atoms with Crippen LogP contribution in [-0.4, -0.2) is 23.8 Å². The quantitative estimate of drug-likeness (QED) is 0.833. The van der Waals surface area contributed by atoms with Crippen molar-refractivity contribution in [2.24, 2.45) is 5.92 Å². The van der Waals surface area contributed by atoms with E-state index in [9.17, 15) is 13.2 Å². The highest BCUT2D eigenvalue weighted by Crippen LogP contribution is 2.32. The molecule has 1 aromatic rings. The molecule has 1 aromatic heterocycles. The van der Waals surface area contributed by atoms with Crippen molar-refractivity contribution in [2.75, 3.05) is 12.8 Å². The van der Waals surface area contributed by atoms with E-state index in [-0.39, 0.29) is 0 Å². The van der Waals surface area contributed by atoms with Gasteiger partial charge in [-0.2, -0.15) is 13.2 Å². The lowest BCUT2D eigenvalue weighted by Gasteiger charge is -2.22. The maximum atomic E-state index is 12.4. The summed E-state index contributed by atoms with van der Waals surface area (Å²) in [6.45, 7) is 0. The summed E-state index contributed by atoms with van der Waals surface area (Å²) in [7, 11) is 1.95. The lowest BCUT2D eigenvalue weighted by atomic mass is 10.0. The molecule has 20 heavy (non-hydrogen) atoms. The van der Waals surface area contributed by atoms with E-state index in [4.69, 9.17) is 0 Å². The molecule has 0 aliphatic heterocycles. The van der Waals surface area contributed by atoms with Crippen molar-refractivity contribution in [1.29, 1.82) is 0 Å². The van der Waals surface area contributed by atoms with E-state index >= 15 is 0 Å². The van der Waals surface area contributed by atoms with Crippen molar-refractivity contribution in [2.45, 2.75) is 42.9 Å².